The molecular weight excluding hydrogens is 257 g/mol. The SMILES string of the molecule is CNC(C)c1ccccc1NC(=O)CCC(F)(F)F. The van der Waals surface area contributed by atoms with E-state index in [2.05, 4.69) is 10.6 Å². The van der Waals surface area contributed by atoms with Gasteiger partial charge in [0.2, 0.25) is 5.91 Å². The summed E-state index contributed by atoms with van der Waals surface area (Å²) in [6, 6.07) is 7.04. The maximum absolute atomic E-state index is 12.0. The summed E-state index contributed by atoms with van der Waals surface area (Å²) in [7, 11) is 1.77. The number of carbonyl (C=O) groups excluding carboxylic acids is 1. The molecule has 2 N–H and O–H groups in total. The largest absolute Gasteiger partial charge is 0.389 e. The van der Waals surface area contributed by atoms with Crippen molar-refractivity contribution in [3.8, 4) is 0 Å². The van der Waals surface area contributed by atoms with Crippen LogP contribution in [0.1, 0.15) is 31.4 Å². The van der Waals surface area contributed by atoms with Crippen molar-refractivity contribution in [1.82, 2.24) is 5.32 Å². The summed E-state index contributed by atoms with van der Waals surface area (Å²) in [5, 5.41) is 5.54. The van der Waals surface area contributed by atoms with Crippen LogP contribution in [0.25, 0.3) is 0 Å². The maximum atomic E-state index is 12.0. The lowest BCUT2D eigenvalue weighted by Gasteiger charge is -2.16. The normalized spacial score (nSPS) is 13.1. The van der Waals surface area contributed by atoms with Crippen molar-refractivity contribution in [2.75, 3.05) is 12.4 Å². The predicted molar refractivity (Wildman–Crippen MR) is 67.8 cm³/mol. The molecule has 0 spiro atoms. The van der Waals surface area contributed by atoms with Gasteiger partial charge in [-0.15, -0.1) is 0 Å². The van der Waals surface area contributed by atoms with Gasteiger partial charge in [0.25, 0.3) is 0 Å². The third-order valence-corrected chi connectivity index (χ3v) is 2.77. The van der Waals surface area contributed by atoms with Crippen LogP contribution in [0.2, 0.25) is 0 Å². The molecule has 3 nitrogen and oxygen atoms in total. The van der Waals surface area contributed by atoms with Crippen LogP contribution in [0.5, 0.6) is 0 Å². The first-order valence-corrected chi connectivity index (χ1v) is 5.96. The third-order valence-electron chi connectivity index (χ3n) is 2.77. The van der Waals surface area contributed by atoms with Crippen molar-refractivity contribution in [1.29, 1.82) is 0 Å². The van der Waals surface area contributed by atoms with E-state index in [4.69, 9.17) is 0 Å². The molecule has 0 saturated carbocycles. The highest BCUT2D eigenvalue weighted by Crippen LogP contribution is 2.24. The molecule has 0 fully saturated rings. The Labute approximate surface area is 110 Å². The second kappa shape index (κ2) is 6.56. The molecule has 6 heteroatoms. The summed E-state index contributed by atoms with van der Waals surface area (Å²) in [5.74, 6) is -0.631. The lowest BCUT2D eigenvalue weighted by atomic mass is 10.1. The van der Waals surface area contributed by atoms with Crippen LogP contribution >= 0.6 is 0 Å². The molecule has 19 heavy (non-hydrogen) atoms. The van der Waals surface area contributed by atoms with Gasteiger partial charge in [-0.2, -0.15) is 13.2 Å². The van der Waals surface area contributed by atoms with Gasteiger partial charge in [-0.05, 0) is 25.6 Å². The van der Waals surface area contributed by atoms with E-state index in [1.54, 1.807) is 19.2 Å². The first-order valence-electron chi connectivity index (χ1n) is 5.96. The maximum Gasteiger partial charge on any atom is 0.389 e. The summed E-state index contributed by atoms with van der Waals surface area (Å²) in [4.78, 5) is 11.5. The highest BCUT2D eigenvalue weighted by molar-refractivity contribution is 5.91. The lowest BCUT2D eigenvalue weighted by Crippen LogP contribution is -2.19. The Balaban J connectivity index is 2.69. The first kappa shape index (κ1) is 15.5. The summed E-state index contributed by atoms with van der Waals surface area (Å²) >= 11 is 0. The quantitative estimate of drug-likeness (QED) is 0.865. The number of carbonyl (C=O) groups is 1. The smallest absolute Gasteiger partial charge is 0.326 e. The summed E-state index contributed by atoms with van der Waals surface area (Å²) < 4.78 is 36.1. The van der Waals surface area contributed by atoms with Crippen molar-refractivity contribution in [3.05, 3.63) is 29.8 Å². The van der Waals surface area contributed by atoms with Crippen LogP contribution in [0.15, 0.2) is 24.3 Å². The minimum absolute atomic E-state index is 0.000818. The zero-order valence-electron chi connectivity index (χ0n) is 10.8. The van der Waals surface area contributed by atoms with Gasteiger partial charge in [-0.25, -0.2) is 0 Å². The number of anilines is 1. The van der Waals surface area contributed by atoms with E-state index < -0.39 is 24.9 Å². The third kappa shape index (κ3) is 5.30. The van der Waals surface area contributed by atoms with Gasteiger partial charge < -0.3 is 10.6 Å². The van der Waals surface area contributed by atoms with Gasteiger partial charge >= 0.3 is 6.18 Å². The summed E-state index contributed by atoms with van der Waals surface area (Å²) in [5.41, 5.74) is 1.38. The van der Waals surface area contributed by atoms with Gasteiger partial charge in [-0.1, -0.05) is 18.2 Å². The Morgan fingerprint density at radius 1 is 1.32 bits per heavy atom. The van der Waals surface area contributed by atoms with E-state index in [0.717, 1.165) is 5.56 Å². The molecule has 0 aliphatic heterocycles. The zero-order valence-corrected chi connectivity index (χ0v) is 10.8. The standard InChI is InChI=1S/C13H17F3N2O/c1-9(17-2)10-5-3-4-6-11(10)18-12(19)7-8-13(14,15)16/h3-6,9,17H,7-8H2,1-2H3,(H,18,19). The predicted octanol–water partition coefficient (Wildman–Crippen LogP) is 3.25. The minimum atomic E-state index is -4.31. The molecule has 0 heterocycles. The van der Waals surface area contributed by atoms with Crippen LogP contribution in [-0.2, 0) is 4.79 Å². The Morgan fingerprint density at radius 2 is 1.95 bits per heavy atom. The Morgan fingerprint density at radius 3 is 2.53 bits per heavy atom. The highest BCUT2D eigenvalue weighted by atomic mass is 19.4. The van der Waals surface area contributed by atoms with Crippen molar-refractivity contribution < 1.29 is 18.0 Å². The molecule has 0 aliphatic carbocycles. The van der Waals surface area contributed by atoms with Crippen LogP contribution < -0.4 is 10.6 Å². The fraction of sp³-hybridized carbons (Fsp3) is 0.462. The van der Waals surface area contributed by atoms with Crippen molar-refractivity contribution >= 4 is 11.6 Å². The molecule has 1 unspecified atom stereocenters. The average molecular weight is 274 g/mol. The monoisotopic (exact) mass is 274 g/mol. The minimum Gasteiger partial charge on any atom is -0.326 e. The van der Waals surface area contributed by atoms with Gasteiger partial charge in [0.05, 0.1) is 6.42 Å². The molecule has 1 aromatic carbocycles. The van der Waals surface area contributed by atoms with Gasteiger partial charge in [0.1, 0.15) is 0 Å². The Kier molecular flexibility index (Phi) is 5.35. The topological polar surface area (TPSA) is 41.1 Å². The number of halogens is 3. The van der Waals surface area contributed by atoms with Crippen molar-refractivity contribution in [2.24, 2.45) is 0 Å². The van der Waals surface area contributed by atoms with Crippen molar-refractivity contribution in [2.45, 2.75) is 32.0 Å². The number of benzene rings is 1. The second-order valence-corrected chi connectivity index (χ2v) is 4.26. The van der Waals surface area contributed by atoms with Crippen LogP contribution in [-0.4, -0.2) is 19.1 Å². The van der Waals surface area contributed by atoms with E-state index in [0.29, 0.717) is 5.69 Å². The van der Waals surface area contributed by atoms with E-state index in [1.165, 1.54) is 0 Å². The number of amides is 1. The molecular formula is C13H17F3N2O. The van der Waals surface area contributed by atoms with Gasteiger partial charge in [0.15, 0.2) is 0 Å². The van der Waals surface area contributed by atoms with Crippen molar-refractivity contribution in [3.63, 3.8) is 0 Å². The van der Waals surface area contributed by atoms with Gasteiger partial charge in [0, 0.05) is 18.2 Å². The Bertz CT molecular complexity index is 432. The molecule has 1 rings (SSSR count). The fourth-order valence-corrected chi connectivity index (χ4v) is 1.61. The Hall–Kier alpha value is -1.56. The average Bonchev–Trinajstić information content (AvgIpc) is 2.35. The number of nitrogens with one attached hydrogen (secondary N) is 2. The zero-order chi connectivity index (χ0) is 14.5. The molecule has 0 aromatic heterocycles. The van der Waals surface area contributed by atoms with Crippen LogP contribution in [0.4, 0.5) is 18.9 Å². The van der Waals surface area contributed by atoms with Crippen LogP contribution in [0.3, 0.4) is 0 Å². The van der Waals surface area contributed by atoms with Gasteiger partial charge in [-0.3, -0.25) is 4.79 Å². The summed E-state index contributed by atoms with van der Waals surface area (Å²) in [6.45, 7) is 1.90. The van der Waals surface area contributed by atoms with E-state index in [1.807, 2.05) is 19.1 Å². The number of alkyl halides is 3. The molecule has 0 bridgehead atoms. The number of hydrogen-bond acceptors (Lipinski definition) is 2. The second-order valence-electron chi connectivity index (χ2n) is 4.26. The molecule has 0 aliphatic rings. The number of rotatable bonds is 5. The van der Waals surface area contributed by atoms with E-state index >= 15 is 0 Å². The lowest BCUT2D eigenvalue weighted by molar-refractivity contribution is -0.142. The fourth-order valence-electron chi connectivity index (χ4n) is 1.61. The van der Waals surface area contributed by atoms with Crippen LogP contribution in [0, 0.1) is 0 Å². The van der Waals surface area contributed by atoms with E-state index in [-0.39, 0.29) is 6.04 Å². The number of hydrogen-bond donors (Lipinski definition) is 2. The highest BCUT2D eigenvalue weighted by Gasteiger charge is 2.28. The molecule has 106 valence electrons. The molecule has 0 radical (unpaired) electrons. The molecule has 1 atom stereocenters. The molecule has 1 aromatic rings. The van der Waals surface area contributed by atoms with E-state index in [9.17, 15) is 18.0 Å². The molecule has 1 amide bonds. The summed E-state index contributed by atoms with van der Waals surface area (Å²) in [6.07, 6.45) is -5.98. The first-order chi connectivity index (χ1) is 8.83. The molecule has 0 saturated heterocycles. The number of para-hydroxylation sites is 1.